The third-order valence-electron chi connectivity index (χ3n) is 2.55. The molecule has 0 aliphatic heterocycles. The molecule has 0 heterocycles. The van der Waals surface area contributed by atoms with Crippen LogP contribution in [0.1, 0.15) is 27.7 Å². The first-order valence-electron chi connectivity index (χ1n) is 5.51. The quantitative estimate of drug-likeness (QED) is 0.675. The van der Waals surface area contributed by atoms with Crippen LogP contribution < -0.4 is 0 Å². The predicted molar refractivity (Wildman–Crippen MR) is 60.0 cm³/mol. The van der Waals surface area contributed by atoms with E-state index in [2.05, 4.69) is 0 Å². The number of ether oxygens (including phenoxy) is 2. The average molecular weight is 231 g/mol. The fourth-order valence-electron chi connectivity index (χ4n) is 1.20. The molecule has 0 aromatic heterocycles. The van der Waals surface area contributed by atoms with Gasteiger partial charge in [0.25, 0.3) is 0 Å². The summed E-state index contributed by atoms with van der Waals surface area (Å²) in [7, 11) is 1.61. The average Bonchev–Trinajstić information content (AvgIpc) is 2.26. The minimum atomic E-state index is -0.425. The van der Waals surface area contributed by atoms with Gasteiger partial charge in [0.2, 0.25) is 0 Å². The smallest absolute Gasteiger partial charge is 0.409 e. The summed E-state index contributed by atoms with van der Waals surface area (Å²) in [5.41, 5.74) is 0. The molecule has 0 N–H and O–H groups in total. The number of amides is 1. The first-order valence-corrected chi connectivity index (χ1v) is 5.51. The summed E-state index contributed by atoms with van der Waals surface area (Å²) >= 11 is 0. The van der Waals surface area contributed by atoms with Gasteiger partial charge < -0.3 is 14.4 Å². The van der Waals surface area contributed by atoms with Crippen molar-refractivity contribution in [3.05, 3.63) is 0 Å². The lowest BCUT2D eigenvalue weighted by atomic mass is 10.0. The molecule has 0 aromatic rings. The Balaban J connectivity index is 4.36. The fourth-order valence-corrected chi connectivity index (χ4v) is 1.20. The standard InChI is InChI=1S/C11H21NO4/c1-6-15-10(13)8(3)9(4)12(5)11(14)16-7-2/h8-9H,6-7H2,1-5H3. The molecule has 0 rings (SSSR count). The lowest BCUT2D eigenvalue weighted by molar-refractivity contribution is -0.149. The molecule has 16 heavy (non-hydrogen) atoms. The highest BCUT2D eigenvalue weighted by Crippen LogP contribution is 2.12. The van der Waals surface area contributed by atoms with E-state index in [1.165, 1.54) is 4.90 Å². The van der Waals surface area contributed by atoms with Gasteiger partial charge in [-0.3, -0.25) is 4.79 Å². The van der Waals surface area contributed by atoms with Crippen LogP contribution in [0.25, 0.3) is 0 Å². The van der Waals surface area contributed by atoms with Gasteiger partial charge in [0.05, 0.1) is 19.1 Å². The molecule has 0 fully saturated rings. The second-order valence-corrected chi connectivity index (χ2v) is 3.59. The summed E-state index contributed by atoms with van der Waals surface area (Å²) in [6.07, 6.45) is -0.425. The molecule has 0 radical (unpaired) electrons. The Hall–Kier alpha value is -1.26. The predicted octanol–water partition coefficient (Wildman–Crippen LogP) is 1.66. The fraction of sp³-hybridized carbons (Fsp3) is 0.818. The van der Waals surface area contributed by atoms with E-state index in [0.29, 0.717) is 13.2 Å². The van der Waals surface area contributed by atoms with Crippen LogP contribution in [0.4, 0.5) is 4.79 Å². The van der Waals surface area contributed by atoms with Gasteiger partial charge in [-0.05, 0) is 27.7 Å². The second kappa shape index (κ2) is 7.09. The number of hydrogen-bond acceptors (Lipinski definition) is 4. The molecule has 0 saturated carbocycles. The molecule has 2 unspecified atom stereocenters. The van der Waals surface area contributed by atoms with Gasteiger partial charge in [0, 0.05) is 13.1 Å². The summed E-state index contributed by atoms with van der Waals surface area (Å²) < 4.78 is 9.75. The van der Waals surface area contributed by atoms with Crippen LogP contribution in [0.3, 0.4) is 0 Å². The Morgan fingerprint density at radius 2 is 1.62 bits per heavy atom. The normalized spacial score (nSPS) is 13.8. The lowest BCUT2D eigenvalue weighted by Gasteiger charge is -2.27. The van der Waals surface area contributed by atoms with Crippen molar-refractivity contribution in [2.24, 2.45) is 5.92 Å². The minimum absolute atomic E-state index is 0.252. The van der Waals surface area contributed by atoms with Crippen molar-refractivity contribution in [3.8, 4) is 0 Å². The largest absolute Gasteiger partial charge is 0.466 e. The highest BCUT2D eigenvalue weighted by Gasteiger charge is 2.27. The lowest BCUT2D eigenvalue weighted by Crippen LogP contribution is -2.42. The maximum absolute atomic E-state index is 11.5. The number of hydrogen-bond donors (Lipinski definition) is 0. The summed E-state index contributed by atoms with van der Waals surface area (Å²) in [5, 5.41) is 0. The van der Waals surface area contributed by atoms with Gasteiger partial charge >= 0.3 is 12.1 Å². The van der Waals surface area contributed by atoms with E-state index in [9.17, 15) is 9.59 Å². The summed E-state index contributed by atoms with van der Waals surface area (Å²) in [6, 6.07) is -0.252. The van der Waals surface area contributed by atoms with Gasteiger partial charge in [-0.15, -0.1) is 0 Å². The first-order chi connectivity index (χ1) is 7.45. The van der Waals surface area contributed by atoms with Crippen molar-refractivity contribution in [1.29, 1.82) is 0 Å². The monoisotopic (exact) mass is 231 g/mol. The Morgan fingerprint density at radius 3 is 2.06 bits per heavy atom. The molecule has 0 aliphatic rings. The van der Waals surface area contributed by atoms with Gasteiger partial charge in [-0.1, -0.05) is 0 Å². The van der Waals surface area contributed by atoms with Crippen molar-refractivity contribution >= 4 is 12.1 Å². The van der Waals surface area contributed by atoms with Crippen molar-refractivity contribution in [2.45, 2.75) is 33.7 Å². The van der Waals surface area contributed by atoms with E-state index in [1.807, 2.05) is 0 Å². The molecule has 0 bridgehead atoms. The SMILES string of the molecule is CCOC(=O)C(C)C(C)N(C)C(=O)OCC. The van der Waals surface area contributed by atoms with E-state index < -0.39 is 6.09 Å². The van der Waals surface area contributed by atoms with Gasteiger partial charge in [-0.25, -0.2) is 4.79 Å². The Labute approximate surface area is 96.7 Å². The molecule has 2 atom stereocenters. The molecule has 0 saturated heterocycles. The van der Waals surface area contributed by atoms with Crippen molar-refractivity contribution in [3.63, 3.8) is 0 Å². The van der Waals surface area contributed by atoms with Gasteiger partial charge in [0.1, 0.15) is 0 Å². The van der Waals surface area contributed by atoms with Crippen LogP contribution in [-0.2, 0) is 14.3 Å². The molecule has 5 nitrogen and oxygen atoms in total. The number of esters is 1. The van der Waals surface area contributed by atoms with Crippen molar-refractivity contribution in [2.75, 3.05) is 20.3 Å². The summed E-state index contributed by atoms with van der Waals surface area (Å²) in [6.45, 7) is 7.69. The van der Waals surface area contributed by atoms with Crippen molar-refractivity contribution in [1.82, 2.24) is 4.90 Å². The van der Waals surface area contributed by atoms with E-state index in [1.54, 1.807) is 34.7 Å². The molecule has 5 heteroatoms. The molecule has 1 amide bonds. The van der Waals surface area contributed by atoms with E-state index in [-0.39, 0.29) is 17.9 Å². The highest BCUT2D eigenvalue weighted by atomic mass is 16.6. The van der Waals surface area contributed by atoms with E-state index in [4.69, 9.17) is 9.47 Å². The van der Waals surface area contributed by atoms with Crippen LogP contribution in [0.2, 0.25) is 0 Å². The van der Waals surface area contributed by atoms with Gasteiger partial charge in [0.15, 0.2) is 0 Å². The third-order valence-corrected chi connectivity index (χ3v) is 2.55. The number of nitrogens with zero attached hydrogens (tertiary/aromatic N) is 1. The van der Waals surface area contributed by atoms with E-state index in [0.717, 1.165) is 0 Å². The molecular formula is C11H21NO4. The Bertz CT molecular complexity index is 218. The highest BCUT2D eigenvalue weighted by molar-refractivity contribution is 5.74. The topological polar surface area (TPSA) is 55.8 Å². The number of carbonyl (C=O) groups is 2. The molecule has 0 aliphatic carbocycles. The summed E-state index contributed by atoms with van der Waals surface area (Å²) in [4.78, 5) is 24.3. The van der Waals surface area contributed by atoms with Crippen LogP contribution in [0.15, 0.2) is 0 Å². The maximum atomic E-state index is 11.5. The van der Waals surface area contributed by atoms with Crippen LogP contribution in [-0.4, -0.2) is 43.3 Å². The van der Waals surface area contributed by atoms with Gasteiger partial charge in [-0.2, -0.15) is 0 Å². The van der Waals surface area contributed by atoms with Crippen LogP contribution in [0.5, 0.6) is 0 Å². The van der Waals surface area contributed by atoms with E-state index >= 15 is 0 Å². The van der Waals surface area contributed by atoms with Crippen molar-refractivity contribution < 1.29 is 19.1 Å². The molecular weight excluding hydrogens is 210 g/mol. The summed E-state index contributed by atoms with van der Waals surface area (Å²) in [5.74, 6) is -0.666. The van der Waals surface area contributed by atoms with Crippen LogP contribution in [0, 0.1) is 5.92 Å². The Morgan fingerprint density at radius 1 is 1.12 bits per heavy atom. The van der Waals surface area contributed by atoms with Crippen LogP contribution >= 0.6 is 0 Å². The zero-order valence-corrected chi connectivity index (χ0v) is 10.6. The number of rotatable bonds is 5. The zero-order chi connectivity index (χ0) is 12.7. The first kappa shape index (κ1) is 14.7. The maximum Gasteiger partial charge on any atom is 0.409 e. The Kier molecular flexibility index (Phi) is 6.53. The molecule has 94 valence electrons. The minimum Gasteiger partial charge on any atom is -0.466 e. The second-order valence-electron chi connectivity index (χ2n) is 3.59. The zero-order valence-electron chi connectivity index (χ0n) is 10.6. The third kappa shape index (κ3) is 4.08. The molecule has 0 spiro atoms. The number of carbonyl (C=O) groups excluding carboxylic acids is 2. The molecule has 0 aromatic carbocycles.